The molecule has 1 saturated heterocycles. The van der Waals surface area contributed by atoms with E-state index >= 15 is 0 Å². The fourth-order valence-electron chi connectivity index (χ4n) is 2.67. The molecule has 118 valence electrons. The third-order valence-corrected chi connectivity index (χ3v) is 4.48. The van der Waals surface area contributed by atoms with Crippen molar-refractivity contribution in [3.63, 3.8) is 0 Å². The third kappa shape index (κ3) is 3.45. The van der Waals surface area contributed by atoms with Gasteiger partial charge in [-0.05, 0) is 12.8 Å². The SMILES string of the molecule is COCc1csc(NC(=O)N2CCC[C@@H]2Cn2ccnc2)n1. The summed E-state index contributed by atoms with van der Waals surface area (Å²) in [7, 11) is 1.63. The first-order valence-electron chi connectivity index (χ1n) is 7.23. The van der Waals surface area contributed by atoms with Crippen LogP contribution in [-0.4, -0.2) is 45.2 Å². The van der Waals surface area contributed by atoms with E-state index in [2.05, 4.69) is 15.3 Å². The number of anilines is 1. The molecule has 2 aromatic heterocycles. The minimum absolute atomic E-state index is 0.0825. The van der Waals surface area contributed by atoms with E-state index in [0.29, 0.717) is 11.7 Å². The molecule has 1 aliphatic rings. The van der Waals surface area contributed by atoms with Gasteiger partial charge in [0.25, 0.3) is 0 Å². The highest BCUT2D eigenvalue weighted by Crippen LogP contribution is 2.22. The Morgan fingerprint density at radius 2 is 2.50 bits per heavy atom. The highest BCUT2D eigenvalue weighted by atomic mass is 32.1. The van der Waals surface area contributed by atoms with Crippen LogP contribution in [-0.2, 0) is 17.9 Å². The molecule has 0 aliphatic carbocycles. The molecule has 3 heterocycles. The number of carbonyl (C=O) groups excluding carboxylic acids is 1. The van der Waals surface area contributed by atoms with Crippen molar-refractivity contribution in [2.75, 3.05) is 19.0 Å². The van der Waals surface area contributed by atoms with E-state index in [1.54, 1.807) is 19.6 Å². The molecule has 2 aromatic rings. The minimum atomic E-state index is -0.0825. The van der Waals surface area contributed by atoms with Crippen LogP contribution in [0.2, 0.25) is 0 Å². The van der Waals surface area contributed by atoms with Gasteiger partial charge in [-0.3, -0.25) is 5.32 Å². The van der Waals surface area contributed by atoms with Gasteiger partial charge in [0.05, 0.1) is 24.7 Å². The van der Waals surface area contributed by atoms with Crippen molar-refractivity contribution < 1.29 is 9.53 Å². The summed E-state index contributed by atoms with van der Waals surface area (Å²) in [5, 5.41) is 5.40. The number of likely N-dealkylation sites (tertiary alicyclic amines) is 1. The molecule has 1 fully saturated rings. The molecule has 0 saturated carbocycles. The van der Waals surface area contributed by atoms with E-state index in [1.165, 1.54) is 11.3 Å². The number of ether oxygens (including phenoxy) is 1. The number of hydrogen-bond acceptors (Lipinski definition) is 5. The fraction of sp³-hybridized carbons (Fsp3) is 0.500. The van der Waals surface area contributed by atoms with Crippen molar-refractivity contribution >= 4 is 22.5 Å². The Bertz CT molecular complexity index is 613. The second-order valence-electron chi connectivity index (χ2n) is 5.26. The zero-order valence-corrected chi connectivity index (χ0v) is 13.3. The lowest BCUT2D eigenvalue weighted by Gasteiger charge is -2.24. The highest BCUT2D eigenvalue weighted by Gasteiger charge is 2.29. The van der Waals surface area contributed by atoms with Gasteiger partial charge in [-0.2, -0.15) is 0 Å². The normalized spacial score (nSPS) is 17.9. The minimum Gasteiger partial charge on any atom is -0.378 e. The van der Waals surface area contributed by atoms with Gasteiger partial charge < -0.3 is 14.2 Å². The maximum atomic E-state index is 12.4. The van der Waals surface area contributed by atoms with E-state index in [1.807, 2.05) is 21.0 Å². The quantitative estimate of drug-likeness (QED) is 0.916. The van der Waals surface area contributed by atoms with Gasteiger partial charge in [-0.15, -0.1) is 11.3 Å². The van der Waals surface area contributed by atoms with Crippen LogP contribution in [0, 0.1) is 0 Å². The standard InChI is InChI=1S/C14H19N5O2S/c1-21-8-11-9-22-13(16-11)17-14(20)19-5-2-3-12(19)7-18-6-4-15-10-18/h4,6,9-10,12H,2-3,5,7-8H2,1H3,(H,16,17,20)/t12-/m1/s1. The fourth-order valence-corrected chi connectivity index (χ4v) is 3.36. The van der Waals surface area contributed by atoms with Crippen molar-refractivity contribution in [2.24, 2.45) is 0 Å². The summed E-state index contributed by atoms with van der Waals surface area (Å²) >= 11 is 1.42. The lowest BCUT2D eigenvalue weighted by Crippen LogP contribution is -2.40. The summed E-state index contributed by atoms with van der Waals surface area (Å²) in [6, 6.07) is 0.119. The molecular formula is C14H19N5O2S. The predicted octanol–water partition coefficient (Wildman–Crippen LogP) is 2.18. The van der Waals surface area contributed by atoms with Crippen LogP contribution in [0.1, 0.15) is 18.5 Å². The molecule has 1 aliphatic heterocycles. The van der Waals surface area contributed by atoms with Gasteiger partial charge in [0.1, 0.15) is 0 Å². The molecule has 0 bridgehead atoms. The summed E-state index contributed by atoms with van der Waals surface area (Å²) in [5.74, 6) is 0. The Labute approximate surface area is 132 Å². The number of methoxy groups -OCH3 is 1. The Balaban J connectivity index is 1.60. The maximum absolute atomic E-state index is 12.4. The Morgan fingerprint density at radius 1 is 1.59 bits per heavy atom. The van der Waals surface area contributed by atoms with E-state index in [9.17, 15) is 4.79 Å². The molecule has 7 nitrogen and oxygen atoms in total. The molecule has 0 unspecified atom stereocenters. The molecule has 0 spiro atoms. The third-order valence-electron chi connectivity index (χ3n) is 3.68. The van der Waals surface area contributed by atoms with Crippen molar-refractivity contribution in [3.8, 4) is 0 Å². The second kappa shape index (κ2) is 6.89. The van der Waals surface area contributed by atoms with E-state index in [-0.39, 0.29) is 12.1 Å². The Kier molecular flexibility index (Phi) is 4.69. The average molecular weight is 321 g/mol. The van der Waals surface area contributed by atoms with Gasteiger partial charge in [0.15, 0.2) is 5.13 Å². The number of amides is 2. The molecule has 1 atom stereocenters. The van der Waals surface area contributed by atoms with Crippen molar-refractivity contribution in [2.45, 2.75) is 32.0 Å². The molecule has 8 heteroatoms. The van der Waals surface area contributed by atoms with Crippen LogP contribution in [0.3, 0.4) is 0 Å². The first-order valence-corrected chi connectivity index (χ1v) is 8.11. The number of urea groups is 1. The Hall–Kier alpha value is -1.93. The van der Waals surface area contributed by atoms with Gasteiger partial charge in [-0.1, -0.05) is 0 Å². The number of nitrogens with one attached hydrogen (secondary N) is 1. The first kappa shape index (κ1) is 15.0. The van der Waals surface area contributed by atoms with E-state index < -0.39 is 0 Å². The maximum Gasteiger partial charge on any atom is 0.323 e. The van der Waals surface area contributed by atoms with Gasteiger partial charge in [0.2, 0.25) is 0 Å². The largest absolute Gasteiger partial charge is 0.378 e. The number of nitrogens with zero attached hydrogens (tertiary/aromatic N) is 4. The zero-order valence-electron chi connectivity index (χ0n) is 12.4. The summed E-state index contributed by atoms with van der Waals surface area (Å²) in [6.45, 7) is 2.01. The molecule has 2 amide bonds. The van der Waals surface area contributed by atoms with E-state index in [4.69, 9.17) is 4.74 Å². The van der Waals surface area contributed by atoms with Crippen molar-refractivity contribution in [3.05, 3.63) is 29.8 Å². The zero-order chi connectivity index (χ0) is 15.4. The molecule has 22 heavy (non-hydrogen) atoms. The van der Waals surface area contributed by atoms with Crippen LogP contribution in [0.4, 0.5) is 9.93 Å². The predicted molar refractivity (Wildman–Crippen MR) is 83.8 cm³/mol. The lowest BCUT2D eigenvalue weighted by atomic mass is 10.2. The molecule has 1 N–H and O–H groups in total. The number of rotatable bonds is 5. The van der Waals surface area contributed by atoms with Crippen molar-refractivity contribution in [1.82, 2.24) is 19.4 Å². The van der Waals surface area contributed by atoms with Gasteiger partial charge in [-0.25, -0.2) is 14.8 Å². The van der Waals surface area contributed by atoms with E-state index in [0.717, 1.165) is 31.6 Å². The number of carbonyl (C=O) groups is 1. The second-order valence-corrected chi connectivity index (χ2v) is 6.11. The summed E-state index contributed by atoms with van der Waals surface area (Å²) < 4.78 is 7.04. The molecular weight excluding hydrogens is 302 g/mol. The smallest absolute Gasteiger partial charge is 0.323 e. The van der Waals surface area contributed by atoms with Crippen molar-refractivity contribution in [1.29, 1.82) is 0 Å². The van der Waals surface area contributed by atoms with Crippen LogP contribution in [0.15, 0.2) is 24.1 Å². The molecule has 0 radical (unpaired) electrons. The molecule has 0 aromatic carbocycles. The Morgan fingerprint density at radius 3 is 3.27 bits per heavy atom. The average Bonchev–Trinajstić information content (AvgIpc) is 3.22. The first-order chi connectivity index (χ1) is 10.8. The number of hydrogen-bond donors (Lipinski definition) is 1. The van der Waals surface area contributed by atoms with Crippen LogP contribution in [0.25, 0.3) is 0 Å². The monoisotopic (exact) mass is 321 g/mol. The number of imidazole rings is 1. The molecule has 3 rings (SSSR count). The summed E-state index contributed by atoms with van der Waals surface area (Å²) in [5.41, 5.74) is 0.833. The van der Waals surface area contributed by atoms with Gasteiger partial charge in [0, 0.05) is 38.0 Å². The topological polar surface area (TPSA) is 72.3 Å². The van der Waals surface area contributed by atoms with Crippen LogP contribution < -0.4 is 5.32 Å². The summed E-state index contributed by atoms with van der Waals surface area (Å²) in [6.07, 6.45) is 7.50. The van der Waals surface area contributed by atoms with Crippen LogP contribution in [0.5, 0.6) is 0 Å². The number of aromatic nitrogens is 3. The van der Waals surface area contributed by atoms with Gasteiger partial charge >= 0.3 is 6.03 Å². The number of thiazole rings is 1. The summed E-state index contributed by atoms with van der Waals surface area (Å²) in [4.78, 5) is 22.7. The van der Waals surface area contributed by atoms with Crippen LogP contribution >= 0.6 is 11.3 Å². The lowest BCUT2D eigenvalue weighted by molar-refractivity contribution is 0.182. The highest BCUT2D eigenvalue weighted by molar-refractivity contribution is 7.13.